The van der Waals surface area contributed by atoms with E-state index in [9.17, 15) is 9.59 Å². The third-order valence-corrected chi connectivity index (χ3v) is 6.57. The highest BCUT2D eigenvalue weighted by atomic mass is 16.2. The molecule has 2 aromatic carbocycles. The van der Waals surface area contributed by atoms with E-state index in [1.54, 1.807) is 4.68 Å². The average molecular weight is 444 g/mol. The first-order valence-electron chi connectivity index (χ1n) is 11.7. The quantitative estimate of drug-likeness (QED) is 0.531. The highest BCUT2D eigenvalue weighted by molar-refractivity contribution is 6.04. The van der Waals surface area contributed by atoms with E-state index in [4.69, 9.17) is 5.10 Å². The van der Waals surface area contributed by atoms with Crippen molar-refractivity contribution in [3.05, 3.63) is 71.9 Å². The third kappa shape index (κ3) is 4.41. The van der Waals surface area contributed by atoms with E-state index in [1.165, 1.54) is 0 Å². The minimum atomic E-state index is -0.501. The summed E-state index contributed by atoms with van der Waals surface area (Å²) in [5, 5.41) is 14.2. The van der Waals surface area contributed by atoms with Crippen LogP contribution in [0.3, 0.4) is 0 Å². The number of carbonyl (C=O) groups excluding carboxylic acids is 2. The van der Waals surface area contributed by atoms with E-state index in [2.05, 4.69) is 16.0 Å². The van der Waals surface area contributed by atoms with Gasteiger partial charge in [-0.15, -0.1) is 0 Å². The molecule has 1 aromatic heterocycles. The molecule has 2 aliphatic rings. The average Bonchev–Trinajstić information content (AvgIpc) is 3.60. The topological polar surface area (TPSA) is 88.1 Å². The molecule has 2 fully saturated rings. The Kier molecular flexibility index (Phi) is 5.72. The van der Waals surface area contributed by atoms with Gasteiger partial charge in [0.2, 0.25) is 5.91 Å². The predicted molar refractivity (Wildman–Crippen MR) is 128 cm³/mol. The fourth-order valence-electron chi connectivity index (χ4n) is 4.46. The van der Waals surface area contributed by atoms with Gasteiger partial charge in [-0.3, -0.25) is 14.9 Å². The molecule has 170 valence electrons. The van der Waals surface area contributed by atoms with Gasteiger partial charge in [-0.05, 0) is 49.4 Å². The molecule has 0 bridgehead atoms. The first-order chi connectivity index (χ1) is 16.0. The molecule has 0 radical (unpaired) electrons. The van der Waals surface area contributed by atoms with E-state index in [0.717, 1.165) is 36.1 Å². The molecule has 7 heteroatoms. The number of hydrogen-bond donors (Lipinski definition) is 3. The van der Waals surface area contributed by atoms with E-state index < -0.39 is 6.29 Å². The van der Waals surface area contributed by atoms with Crippen LogP contribution < -0.4 is 16.0 Å². The molecule has 1 aliphatic carbocycles. The number of carbonyl (C=O) groups is 2. The van der Waals surface area contributed by atoms with Gasteiger partial charge in [0.1, 0.15) is 5.82 Å². The highest BCUT2D eigenvalue weighted by Crippen LogP contribution is 2.40. The van der Waals surface area contributed by atoms with Gasteiger partial charge in [0.25, 0.3) is 5.91 Å². The lowest BCUT2D eigenvalue weighted by atomic mass is 9.95. The van der Waals surface area contributed by atoms with E-state index >= 15 is 0 Å². The van der Waals surface area contributed by atoms with Crippen molar-refractivity contribution < 1.29 is 9.59 Å². The summed E-state index contributed by atoms with van der Waals surface area (Å²) in [6, 6.07) is 19.6. The van der Waals surface area contributed by atoms with Crippen molar-refractivity contribution in [2.45, 2.75) is 51.4 Å². The Bertz CT molecular complexity index is 1150. The molecule has 1 aliphatic heterocycles. The summed E-state index contributed by atoms with van der Waals surface area (Å²) in [7, 11) is 0. The molecule has 7 nitrogen and oxygen atoms in total. The summed E-state index contributed by atoms with van der Waals surface area (Å²) in [5.41, 5.74) is 3.68. The van der Waals surface area contributed by atoms with Crippen LogP contribution in [-0.4, -0.2) is 27.6 Å². The van der Waals surface area contributed by atoms with Crippen molar-refractivity contribution in [1.82, 2.24) is 20.4 Å². The van der Waals surface area contributed by atoms with Crippen molar-refractivity contribution in [3.63, 3.8) is 0 Å². The molecule has 2 heterocycles. The lowest BCUT2D eigenvalue weighted by Crippen LogP contribution is -2.57. The fraction of sp³-hybridized carbons (Fsp3) is 0.346. The third-order valence-electron chi connectivity index (χ3n) is 6.57. The summed E-state index contributed by atoms with van der Waals surface area (Å²) < 4.78 is 1.70. The maximum atomic E-state index is 13.1. The maximum Gasteiger partial charge on any atom is 0.256 e. The largest absolute Gasteiger partial charge is 0.322 e. The second-order valence-electron chi connectivity index (χ2n) is 8.95. The molecule has 1 saturated carbocycles. The first kappa shape index (κ1) is 21.4. The summed E-state index contributed by atoms with van der Waals surface area (Å²) >= 11 is 0. The summed E-state index contributed by atoms with van der Waals surface area (Å²) in [6.45, 7) is 4.02. The van der Waals surface area contributed by atoms with Crippen LogP contribution in [0.25, 0.3) is 11.1 Å². The Morgan fingerprint density at radius 1 is 1.09 bits per heavy atom. The number of nitrogens with one attached hydrogen (secondary N) is 3. The Balaban J connectivity index is 1.37. The van der Waals surface area contributed by atoms with Crippen LogP contribution >= 0.6 is 0 Å². The zero-order valence-electron chi connectivity index (χ0n) is 18.9. The van der Waals surface area contributed by atoms with Gasteiger partial charge in [0.05, 0.1) is 11.6 Å². The molecular formula is C26H29N5O2. The van der Waals surface area contributed by atoms with Crippen molar-refractivity contribution in [2.75, 3.05) is 5.32 Å². The number of aromatic nitrogens is 2. The molecule has 0 spiro atoms. The lowest BCUT2D eigenvalue weighted by Gasteiger charge is -2.35. The van der Waals surface area contributed by atoms with Gasteiger partial charge in [-0.1, -0.05) is 49.4 Å². The second-order valence-corrected chi connectivity index (χ2v) is 8.95. The molecule has 5 rings (SSSR count). The fourth-order valence-corrected chi connectivity index (χ4v) is 4.46. The molecule has 1 saturated heterocycles. The second kappa shape index (κ2) is 8.83. The number of rotatable bonds is 6. The number of anilines is 1. The van der Waals surface area contributed by atoms with E-state index in [-0.39, 0.29) is 23.8 Å². The van der Waals surface area contributed by atoms with Crippen LogP contribution in [0.1, 0.15) is 61.4 Å². The van der Waals surface area contributed by atoms with Gasteiger partial charge < -0.3 is 10.6 Å². The standard InChI is InChI=1S/C26H29N5O2/c1-3-21-16(2)27-26(29-25(21)33)31-23(15-22(30-31)19-11-12-19)28-24(32)20-13-9-18(10-14-20)17-7-5-4-6-8-17/h4-10,13-16,19,21,26-27H,3,11-12H2,1-2H3,(H,28,32)(H,29,33). The van der Waals surface area contributed by atoms with Crippen LogP contribution in [0.2, 0.25) is 0 Å². The Morgan fingerprint density at radius 2 is 1.79 bits per heavy atom. The van der Waals surface area contributed by atoms with E-state index in [0.29, 0.717) is 17.3 Å². The van der Waals surface area contributed by atoms with Crippen molar-refractivity contribution >= 4 is 17.6 Å². The monoisotopic (exact) mass is 443 g/mol. The minimum Gasteiger partial charge on any atom is -0.322 e. The SMILES string of the molecule is CCC1C(=O)NC(n2nc(C3CC3)cc2NC(=O)c2ccc(-c3ccccc3)cc2)NC1C. The van der Waals surface area contributed by atoms with Crippen LogP contribution in [0.4, 0.5) is 5.82 Å². The number of benzene rings is 2. The molecule has 3 aromatic rings. The van der Waals surface area contributed by atoms with Crippen LogP contribution in [0.5, 0.6) is 0 Å². The van der Waals surface area contributed by atoms with Gasteiger partial charge in [0.15, 0.2) is 6.29 Å². The summed E-state index contributed by atoms with van der Waals surface area (Å²) in [4.78, 5) is 25.7. The van der Waals surface area contributed by atoms with Gasteiger partial charge >= 0.3 is 0 Å². The zero-order chi connectivity index (χ0) is 22.9. The van der Waals surface area contributed by atoms with E-state index in [1.807, 2.05) is 74.5 Å². The normalized spacial score (nSPS) is 22.6. The molecule has 33 heavy (non-hydrogen) atoms. The number of nitrogens with zero attached hydrogens (tertiary/aromatic N) is 2. The molecule has 3 atom stereocenters. The maximum absolute atomic E-state index is 13.1. The van der Waals surface area contributed by atoms with Crippen molar-refractivity contribution in [2.24, 2.45) is 5.92 Å². The Labute approximate surface area is 193 Å². The molecule has 3 N–H and O–H groups in total. The van der Waals surface area contributed by atoms with Crippen LogP contribution in [0, 0.1) is 5.92 Å². The first-order valence-corrected chi connectivity index (χ1v) is 11.7. The van der Waals surface area contributed by atoms with Crippen LogP contribution in [-0.2, 0) is 4.79 Å². The summed E-state index contributed by atoms with van der Waals surface area (Å²) in [6.07, 6.45) is 2.47. The van der Waals surface area contributed by atoms with Gasteiger partial charge in [-0.2, -0.15) is 5.10 Å². The molecular weight excluding hydrogens is 414 g/mol. The van der Waals surface area contributed by atoms with Crippen LogP contribution in [0.15, 0.2) is 60.7 Å². The molecule has 2 amide bonds. The number of amides is 2. The number of hydrogen-bond acceptors (Lipinski definition) is 4. The lowest BCUT2D eigenvalue weighted by molar-refractivity contribution is -0.130. The zero-order valence-corrected chi connectivity index (χ0v) is 18.9. The minimum absolute atomic E-state index is 0.00555. The predicted octanol–water partition coefficient (Wildman–Crippen LogP) is 4.27. The Morgan fingerprint density at radius 3 is 2.42 bits per heavy atom. The molecule has 3 unspecified atom stereocenters. The Hall–Kier alpha value is -3.45. The highest BCUT2D eigenvalue weighted by Gasteiger charge is 2.35. The smallest absolute Gasteiger partial charge is 0.256 e. The van der Waals surface area contributed by atoms with Gasteiger partial charge in [-0.25, -0.2) is 4.68 Å². The van der Waals surface area contributed by atoms with Crippen molar-refractivity contribution in [3.8, 4) is 11.1 Å². The van der Waals surface area contributed by atoms with Gasteiger partial charge in [0, 0.05) is 23.6 Å². The summed E-state index contributed by atoms with van der Waals surface area (Å²) in [5.74, 6) is 0.716. The van der Waals surface area contributed by atoms with Crippen molar-refractivity contribution in [1.29, 1.82) is 0 Å².